The molecular weight excluding hydrogens is 493 g/mol. The van der Waals surface area contributed by atoms with E-state index < -0.39 is 41.2 Å². The maximum absolute atomic E-state index is 14.9. The van der Waals surface area contributed by atoms with Gasteiger partial charge in [0.2, 0.25) is 11.3 Å². The number of ether oxygens (including phenoxy) is 2. The fourth-order valence-corrected chi connectivity index (χ4v) is 4.00. The van der Waals surface area contributed by atoms with Crippen LogP contribution in [0.3, 0.4) is 0 Å². The normalized spacial score (nSPS) is 10.9. The third-order valence-electron chi connectivity index (χ3n) is 5.59. The molecule has 2 aliphatic rings. The predicted octanol–water partition coefficient (Wildman–Crippen LogP) is 3.46. The second-order valence-electron chi connectivity index (χ2n) is 7.82. The number of aromatic carboxylic acids is 1. The van der Waals surface area contributed by atoms with E-state index in [0.29, 0.717) is 6.07 Å². The Labute approximate surface area is 206 Å². The Kier molecular flexibility index (Phi) is 6.41. The van der Waals surface area contributed by atoms with Crippen molar-refractivity contribution in [1.29, 1.82) is 0 Å². The number of rotatable bonds is 6. The summed E-state index contributed by atoms with van der Waals surface area (Å²) in [6.07, 6.45) is -2.35. The van der Waals surface area contributed by atoms with E-state index in [1.165, 1.54) is 32.4 Å². The van der Waals surface area contributed by atoms with Crippen LogP contribution in [0.2, 0.25) is 0 Å². The highest BCUT2D eigenvalue weighted by Gasteiger charge is 2.26. The molecule has 37 heavy (non-hydrogen) atoms. The van der Waals surface area contributed by atoms with Gasteiger partial charge >= 0.3 is 12.1 Å². The molecule has 2 amide bonds. The van der Waals surface area contributed by atoms with E-state index in [9.17, 15) is 33.8 Å². The number of hydrogen-bond acceptors (Lipinski definition) is 8. The van der Waals surface area contributed by atoms with Crippen LogP contribution in [-0.4, -0.2) is 47.5 Å². The fourth-order valence-electron chi connectivity index (χ4n) is 4.00. The Bertz CT molecular complexity index is 1620. The smallest absolute Gasteiger partial charge is 0.411 e. The summed E-state index contributed by atoms with van der Waals surface area (Å²) in [7, 11) is 2.56. The highest BCUT2D eigenvalue weighted by atomic mass is 19.1. The van der Waals surface area contributed by atoms with Gasteiger partial charge in [0.25, 0.3) is 0 Å². The van der Waals surface area contributed by atoms with E-state index in [4.69, 9.17) is 19.0 Å². The molecule has 0 fully saturated rings. The largest absolute Gasteiger partial charge is 0.504 e. The highest BCUT2D eigenvalue weighted by Crippen LogP contribution is 2.45. The van der Waals surface area contributed by atoms with Crippen LogP contribution in [0, 0.1) is 5.82 Å². The summed E-state index contributed by atoms with van der Waals surface area (Å²) in [5.74, 6) is -3.97. The monoisotopic (exact) mass is 511 g/mol. The summed E-state index contributed by atoms with van der Waals surface area (Å²) in [5, 5.41) is 30.8. The summed E-state index contributed by atoms with van der Waals surface area (Å²) in [5.41, 5.74) is -1.02. The number of methoxy groups -OCH3 is 2. The number of halogens is 1. The van der Waals surface area contributed by atoms with E-state index in [2.05, 4.69) is 0 Å². The van der Waals surface area contributed by atoms with Crippen molar-refractivity contribution in [2.75, 3.05) is 14.2 Å². The number of benzene rings is 3. The summed E-state index contributed by atoms with van der Waals surface area (Å²) < 4.78 is 31.0. The third kappa shape index (κ3) is 4.59. The van der Waals surface area contributed by atoms with Gasteiger partial charge in [0, 0.05) is 28.6 Å². The van der Waals surface area contributed by atoms with Crippen LogP contribution in [-0.2, 0) is 11.2 Å². The van der Waals surface area contributed by atoms with Crippen LogP contribution >= 0.6 is 0 Å². The fraction of sp³-hybridized carbons (Fsp3) is 0.120. The first-order valence-corrected chi connectivity index (χ1v) is 10.5. The SMILES string of the molecule is COc1cc2c(-c3cc(CC(=O)NC(=O)O)c(F)cc3C(=O)O)c3cc(OC)c(=O)cc-3oc2cc1O. The van der Waals surface area contributed by atoms with Gasteiger partial charge in [-0.2, -0.15) is 0 Å². The van der Waals surface area contributed by atoms with Crippen molar-refractivity contribution in [3.05, 3.63) is 63.6 Å². The Balaban J connectivity index is 2.15. The van der Waals surface area contributed by atoms with Crippen LogP contribution in [0.5, 0.6) is 17.2 Å². The van der Waals surface area contributed by atoms with Crippen LogP contribution in [0.4, 0.5) is 9.18 Å². The van der Waals surface area contributed by atoms with Crippen molar-refractivity contribution in [1.82, 2.24) is 5.32 Å². The number of nitrogens with one attached hydrogen (secondary N) is 1. The van der Waals surface area contributed by atoms with Crippen molar-refractivity contribution in [3.8, 4) is 39.7 Å². The summed E-state index contributed by atoms with van der Waals surface area (Å²) in [6.45, 7) is 0. The molecule has 1 aliphatic heterocycles. The van der Waals surface area contributed by atoms with Gasteiger partial charge in [-0.15, -0.1) is 0 Å². The zero-order chi connectivity index (χ0) is 27.0. The number of carbonyl (C=O) groups is 3. The molecule has 12 heteroatoms. The zero-order valence-corrected chi connectivity index (χ0v) is 19.2. The summed E-state index contributed by atoms with van der Waals surface area (Å²) >= 11 is 0. The van der Waals surface area contributed by atoms with Gasteiger partial charge in [0.05, 0.1) is 26.2 Å². The van der Waals surface area contributed by atoms with Gasteiger partial charge < -0.3 is 29.2 Å². The molecule has 2 aromatic carbocycles. The van der Waals surface area contributed by atoms with Crippen molar-refractivity contribution in [3.63, 3.8) is 0 Å². The molecule has 0 unspecified atom stereocenters. The van der Waals surface area contributed by atoms with Gasteiger partial charge in [0.15, 0.2) is 17.2 Å². The number of carboxylic acids is 1. The zero-order valence-electron chi connectivity index (χ0n) is 19.2. The number of carbonyl (C=O) groups excluding carboxylic acids is 1. The number of phenolic OH excluding ortho intramolecular Hbond substituents is 1. The number of imide groups is 1. The first kappa shape index (κ1) is 25.0. The molecule has 0 spiro atoms. The number of fused-ring (bicyclic) bond motifs is 2. The Morgan fingerprint density at radius 3 is 2.30 bits per heavy atom. The predicted molar refractivity (Wildman–Crippen MR) is 126 cm³/mol. The average Bonchev–Trinajstić information content (AvgIpc) is 2.82. The van der Waals surface area contributed by atoms with Crippen LogP contribution < -0.4 is 20.2 Å². The Morgan fingerprint density at radius 1 is 0.973 bits per heavy atom. The summed E-state index contributed by atoms with van der Waals surface area (Å²) in [4.78, 5) is 47.4. The number of aromatic hydroxyl groups is 1. The van der Waals surface area contributed by atoms with Crippen LogP contribution in [0.25, 0.3) is 33.4 Å². The van der Waals surface area contributed by atoms with E-state index in [1.807, 2.05) is 0 Å². The van der Waals surface area contributed by atoms with Crippen LogP contribution in [0.1, 0.15) is 15.9 Å². The standard InChI is InChI=1S/C25H18FNO10/c1-35-20-6-13-18(8-16(20)28)37-19-9-17(29)21(36-2)7-14(19)23(13)11-3-10(4-22(30)27-25(33)34)15(26)5-12(11)24(31)32/h3,5-9,28H,4H2,1-2H3,(H,27,30)(H,31,32)(H,33,34). The highest BCUT2D eigenvalue weighted by molar-refractivity contribution is 6.08. The second-order valence-corrected chi connectivity index (χ2v) is 7.82. The lowest BCUT2D eigenvalue weighted by Crippen LogP contribution is -2.30. The van der Waals surface area contributed by atoms with Gasteiger partial charge in [-0.3, -0.25) is 14.9 Å². The van der Waals surface area contributed by atoms with Crippen molar-refractivity contribution >= 4 is 28.9 Å². The van der Waals surface area contributed by atoms with E-state index in [0.717, 1.165) is 12.1 Å². The van der Waals surface area contributed by atoms with Crippen molar-refractivity contribution in [2.24, 2.45) is 0 Å². The minimum absolute atomic E-state index is 0.00343. The van der Waals surface area contributed by atoms with Crippen molar-refractivity contribution in [2.45, 2.75) is 6.42 Å². The first-order valence-electron chi connectivity index (χ1n) is 10.5. The summed E-state index contributed by atoms with van der Waals surface area (Å²) in [6, 6.07) is 6.82. The minimum Gasteiger partial charge on any atom is -0.504 e. The van der Waals surface area contributed by atoms with Crippen LogP contribution in [0.15, 0.2) is 45.6 Å². The molecule has 4 N–H and O–H groups in total. The lowest BCUT2D eigenvalue weighted by Gasteiger charge is -2.19. The molecule has 0 saturated carbocycles. The van der Waals surface area contributed by atoms with E-state index in [-0.39, 0.29) is 56.2 Å². The molecule has 1 heterocycles. The van der Waals surface area contributed by atoms with E-state index >= 15 is 0 Å². The molecule has 0 atom stereocenters. The maximum atomic E-state index is 14.9. The van der Waals surface area contributed by atoms with Crippen molar-refractivity contribution < 1.29 is 48.0 Å². The second kappa shape index (κ2) is 9.49. The molecule has 0 aromatic heterocycles. The molecule has 0 bridgehead atoms. The lowest BCUT2D eigenvalue weighted by molar-refractivity contribution is -0.119. The van der Waals surface area contributed by atoms with Gasteiger partial charge in [0.1, 0.15) is 17.2 Å². The first-order chi connectivity index (χ1) is 17.5. The molecule has 4 rings (SSSR count). The minimum atomic E-state index is -1.64. The third-order valence-corrected chi connectivity index (χ3v) is 5.59. The molecule has 0 radical (unpaired) electrons. The molecule has 2 aromatic rings. The lowest BCUT2D eigenvalue weighted by atomic mass is 9.88. The molecule has 11 nitrogen and oxygen atoms in total. The van der Waals surface area contributed by atoms with E-state index in [1.54, 1.807) is 5.32 Å². The molecule has 190 valence electrons. The topological polar surface area (TPSA) is 173 Å². The maximum Gasteiger partial charge on any atom is 0.411 e. The quantitative estimate of drug-likeness (QED) is 0.281. The van der Waals surface area contributed by atoms with Gasteiger partial charge in [-0.1, -0.05) is 0 Å². The average molecular weight is 511 g/mol. The number of carboxylic acid groups (broad SMARTS) is 2. The van der Waals surface area contributed by atoms with Gasteiger partial charge in [-0.25, -0.2) is 14.0 Å². The molecule has 0 saturated heterocycles. The number of phenols is 1. The Morgan fingerprint density at radius 2 is 1.68 bits per heavy atom. The van der Waals surface area contributed by atoms with Gasteiger partial charge in [-0.05, 0) is 35.4 Å². The number of hydrogen-bond donors (Lipinski definition) is 4. The molecular formula is C25H18FNO10. The Hall–Kier alpha value is -5.13. The number of amides is 2. The molecule has 1 aliphatic carbocycles.